The van der Waals surface area contributed by atoms with Crippen LogP contribution in [-0.4, -0.2) is 12.6 Å². The van der Waals surface area contributed by atoms with Gasteiger partial charge in [0.05, 0.1) is 4.90 Å². The van der Waals surface area contributed by atoms with Crippen LogP contribution in [0.25, 0.3) is 0 Å². The predicted molar refractivity (Wildman–Crippen MR) is 60.0 cm³/mol. The molecule has 1 heterocycles. The lowest BCUT2D eigenvalue weighted by molar-refractivity contribution is 0.200. The van der Waals surface area contributed by atoms with E-state index in [4.69, 9.17) is 16.3 Å². The van der Waals surface area contributed by atoms with Gasteiger partial charge in [0, 0.05) is 11.6 Å². The summed E-state index contributed by atoms with van der Waals surface area (Å²) >= 11 is 7.49. The molecule has 0 saturated carbocycles. The van der Waals surface area contributed by atoms with Crippen LogP contribution in [0.5, 0.6) is 5.75 Å². The second-order valence-corrected chi connectivity index (χ2v) is 4.56. The Morgan fingerprint density at radius 1 is 1.64 bits per heavy atom. The Hall–Kier alpha value is -0.380. The van der Waals surface area contributed by atoms with Crippen LogP contribution < -0.4 is 9.46 Å². The fourth-order valence-electron chi connectivity index (χ4n) is 1.32. The standard InChI is InChI=1S/C10H12ClNOS/c1-2-8-6-12-14-10-5-7(11)3-4-9(10)13-8/h3-5,8,12H,2,6H2,1H3/t8-/m1/s1. The normalized spacial score (nSPS) is 20.9. The third-order valence-electron chi connectivity index (χ3n) is 2.15. The molecular weight excluding hydrogens is 218 g/mol. The van der Waals surface area contributed by atoms with Crippen molar-refractivity contribution in [2.75, 3.05) is 6.54 Å². The summed E-state index contributed by atoms with van der Waals surface area (Å²) in [4.78, 5) is 1.06. The molecule has 0 fully saturated rings. The Balaban J connectivity index is 2.27. The smallest absolute Gasteiger partial charge is 0.134 e. The third-order valence-corrected chi connectivity index (χ3v) is 3.23. The van der Waals surface area contributed by atoms with Gasteiger partial charge in [0.1, 0.15) is 11.9 Å². The lowest BCUT2D eigenvalue weighted by Crippen LogP contribution is -2.25. The summed E-state index contributed by atoms with van der Waals surface area (Å²) in [5.41, 5.74) is 0. The average Bonchev–Trinajstić information content (AvgIpc) is 2.38. The second-order valence-electron chi connectivity index (χ2n) is 3.19. The van der Waals surface area contributed by atoms with Crippen molar-refractivity contribution in [2.45, 2.75) is 24.3 Å². The molecule has 76 valence electrons. The van der Waals surface area contributed by atoms with E-state index in [0.717, 1.165) is 28.6 Å². The summed E-state index contributed by atoms with van der Waals surface area (Å²) in [6.07, 6.45) is 1.26. The lowest BCUT2D eigenvalue weighted by Gasteiger charge is -2.14. The van der Waals surface area contributed by atoms with Gasteiger partial charge in [-0.05, 0) is 36.6 Å². The number of hydrogen-bond acceptors (Lipinski definition) is 3. The third kappa shape index (κ3) is 2.16. The Morgan fingerprint density at radius 2 is 2.50 bits per heavy atom. The first-order chi connectivity index (χ1) is 6.79. The molecule has 0 radical (unpaired) electrons. The summed E-state index contributed by atoms with van der Waals surface area (Å²) in [6.45, 7) is 2.99. The molecule has 2 rings (SSSR count). The zero-order valence-electron chi connectivity index (χ0n) is 7.92. The first-order valence-electron chi connectivity index (χ1n) is 4.65. The summed E-state index contributed by atoms with van der Waals surface area (Å²) in [6, 6.07) is 5.71. The minimum absolute atomic E-state index is 0.255. The van der Waals surface area contributed by atoms with Gasteiger partial charge in [-0.2, -0.15) is 0 Å². The Morgan fingerprint density at radius 3 is 3.29 bits per heavy atom. The molecule has 1 aromatic carbocycles. The van der Waals surface area contributed by atoms with E-state index < -0.39 is 0 Å². The molecule has 0 unspecified atom stereocenters. The van der Waals surface area contributed by atoms with Gasteiger partial charge in [0.15, 0.2) is 0 Å². The van der Waals surface area contributed by atoms with Crippen molar-refractivity contribution in [3.63, 3.8) is 0 Å². The van der Waals surface area contributed by atoms with Crippen molar-refractivity contribution in [1.82, 2.24) is 4.72 Å². The molecule has 1 atom stereocenters. The molecule has 0 saturated heterocycles. The molecule has 2 nitrogen and oxygen atoms in total. The largest absolute Gasteiger partial charge is 0.488 e. The summed E-state index contributed by atoms with van der Waals surface area (Å²) in [5, 5.41) is 0.747. The van der Waals surface area contributed by atoms with E-state index in [9.17, 15) is 0 Å². The Kier molecular flexibility index (Phi) is 3.21. The van der Waals surface area contributed by atoms with Crippen LogP contribution in [0.4, 0.5) is 0 Å². The maximum atomic E-state index is 5.90. The minimum Gasteiger partial charge on any atom is -0.488 e. The van der Waals surface area contributed by atoms with Gasteiger partial charge in [-0.25, -0.2) is 0 Å². The fraction of sp³-hybridized carbons (Fsp3) is 0.400. The van der Waals surface area contributed by atoms with Crippen LogP contribution in [-0.2, 0) is 0 Å². The highest BCUT2D eigenvalue weighted by Gasteiger charge is 2.16. The van der Waals surface area contributed by atoms with Gasteiger partial charge in [-0.1, -0.05) is 18.5 Å². The maximum Gasteiger partial charge on any atom is 0.134 e. The zero-order valence-corrected chi connectivity index (χ0v) is 9.49. The van der Waals surface area contributed by atoms with Crippen molar-refractivity contribution in [1.29, 1.82) is 0 Å². The van der Waals surface area contributed by atoms with Crippen LogP contribution in [0.2, 0.25) is 5.02 Å². The number of ether oxygens (including phenoxy) is 1. The van der Waals surface area contributed by atoms with Gasteiger partial charge >= 0.3 is 0 Å². The fourth-order valence-corrected chi connectivity index (χ4v) is 2.38. The number of fused-ring (bicyclic) bond motifs is 1. The Labute approximate surface area is 93.1 Å². The van der Waals surface area contributed by atoms with Crippen LogP contribution in [0.3, 0.4) is 0 Å². The quantitative estimate of drug-likeness (QED) is 0.748. The van der Waals surface area contributed by atoms with E-state index in [1.807, 2.05) is 18.2 Å². The molecule has 4 heteroatoms. The number of halogens is 1. The van der Waals surface area contributed by atoms with Gasteiger partial charge < -0.3 is 4.74 Å². The van der Waals surface area contributed by atoms with Crippen LogP contribution >= 0.6 is 23.5 Å². The number of nitrogens with one attached hydrogen (secondary N) is 1. The van der Waals surface area contributed by atoms with Crippen molar-refractivity contribution in [3.05, 3.63) is 23.2 Å². The molecule has 1 N–H and O–H groups in total. The number of benzene rings is 1. The van der Waals surface area contributed by atoms with Crippen LogP contribution in [0.15, 0.2) is 23.1 Å². The molecule has 0 aromatic heterocycles. The predicted octanol–water partition coefficient (Wildman–Crippen LogP) is 3.11. The van der Waals surface area contributed by atoms with E-state index in [-0.39, 0.29) is 6.10 Å². The monoisotopic (exact) mass is 229 g/mol. The lowest BCUT2D eigenvalue weighted by atomic mass is 10.2. The van der Waals surface area contributed by atoms with Crippen molar-refractivity contribution in [2.24, 2.45) is 0 Å². The van der Waals surface area contributed by atoms with Gasteiger partial charge in [-0.15, -0.1) is 0 Å². The van der Waals surface area contributed by atoms with Gasteiger partial charge in [-0.3, -0.25) is 4.72 Å². The highest BCUT2D eigenvalue weighted by atomic mass is 35.5. The molecular formula is C10H12ClNOS. The number of hydrogen-bond donors (Lipinski definition) is 1. The molecule has 14 heavy (non-hydrogen) atoms. The first-order valence-corrected chi connectivity index (χ1v) is 5.85. The molecule has 1 aliphatic heterocycles. The van der Waals surface area contributed by atoms with Gasteiger partial charge in [0.25, 0.3) is 0 Å². The highest BCUT2D eigenvalue weighted by Crippen LogP contribution is 2.33. The van der Waals surface area contributed by atoms with E-state index in [1.165, 1.54) is 0 Å². The van der Waals surface area contributed by atoms with Crippen molar-refractivity contribution >= 4 is 23.5 Å². The number of rotatable bonds is 1. The van der Waals surface area contributed by atoms with E-state index in [1.54, 1.807) is 11.9 Å². The molecule has 1 aliphatic rings. The SMILES string of the molecule is CC[C@@H]1CNSc2cc(Cl)ccc2O1. The summed E-state index contributed by atoms with van der Waals surface area (Å²) < 4.78 is 9.08. The summed E-state index contributed by atoms with van der Waals surface area (Å²) in [7, 11) is 0. The molecule has 0 amide bonds. The molecule has 0 spiro atoms. The topological polar surface area (TPSA) is 21.3 Å². The summed E-state index contributed by atoms with van der Waals surface area (Å²) in [5.74, 6) is 0.927. The second kappa shape index (κ2) is 4.43. The highest BCUT2D eigenvalue weighted by molar-refractivity contribution is 7.97. The van der Waals surface area contributed by atoms with Crippen LogP contribution in [0, 0.1) is 0 Å². The van der Waals surface area contributed by atoms with E-state index in [2.05, 4.69) is 11.6 Å². The average molecular weight is 230 g/mol. The molecule has 0 bridgehead atoms. The maximum absolute atomic E-state index is 5.90. The van der Waals surface area contributed by atoms with Crippen molar-refractivity contribution in [3.8, 4) is 5.75 Å². The van der Waals surface area contributed by atoms with E-state index in [0.29, 0.717) is 0 Å². The first kappa shape index (κ1) is 10.1. The van der Waals surface area contributed by atoms with Crippen LogP contribution in [0.1, 0.15) is 13.3 Å². The van der Waals surface area contributed by atoms with Crippen molar-refractivity contribution < 1.29 is 4.74 Å². The van der Waals surface area contributed by atoms with Gasteiger partial charge in [0.2, 0.25) is 0 Å². The minimum atomic E-state index is 0.255. The molecule has 0 aliphatic carbocycles. The zero-order chi connectivity index (χ0) is 9.97. The van der Waals surface area contributed by atoms with E-state index >= 15 is 0 Å². The molecule has 1 aromatic rings. The Bertz CT molecular complexity index is 332.